The molecule has 1 aromatic carbocycles. The number of rotatable bonds is 4. The molecule has 0 fully saturated rings. The molecule has 0 saturated heterocycles. The maximum Gasteiger partial charge on any atom is 0.416 e. The first-order chi connectivity index (χ1) is 14.2. The summed E-state index contributed by atoms with van der Waals surface area (Å²) in [6.45, 7) is 1.89. The second-order valence-corrected chi connectivity index (χ2v) is 7.84. The third-order valence-corrected chi connectivity index (χ3v) is 5.89. The summed E-state index contributed by atoms with van der Waals surface area (Å²) in [6, 6.07) is 8.54. The van der Waals surface area contributed by atoms with Crippen molar-refractivity contribution in [2.45, 2.75) is 19.6 Å². The fourth-order valence-electron chi connectivity index (χ4n) is 3.18. The number of nitrogens with one attached hydrogen (secondary N) is 1. The third kappa shape index (κ3) is 3.80. The second-order valence-electron chi connectivity index (χ2n) is 6.84. The predicted octanol–water partition coefficient (Wildman–Crippen LogP) is 4.95. The van der Waals surface area contributed by atoms with E-state index in [-0.39, 0.29) is 12.5 Å². The van der Waals surface area contributed by atoms with Crippen molar-refractivity contribution in [2.75, 3.05) is 0 Å². The predicted molar refractivity (Wildman–Crippen MR) is 109 cm³/mol. The average Bonchev–Trinajstić information content (AvgIpc) is 3.26. The van der Waals surface area contributed by atoms with Crippen LogP contribution in [0.2, 0.25) is 0 Å². The van der Waals surface area contributed by atoms with E-state index in [0.29, 0.717) is 21.1 Å². The number of hydrogen-bond acceptors (Lipinski definition) is 4. The first-order valence-electron chi connectivity index (χ1n) is 9.06. The molecule has 0 atom stereocenters. The summed E-state index contributed by atoms with van der Waals surface area (Å²) >= 11 is 1.28. The van der Waals surface area contributed by atoms with Crippen molar-refractivity contribution in [3.05, 3.63) is 70.5 Å². The highest BCUT2D eigenvalue weighted by Gasteiger charge is 2.30. The van der Waals surface area contributed by atoms with Crippen LogP contribution in [0.15, 0.2) is 48.8 Å². The van der Waals surface area contributed by atoms with E-state index in [0.717, 1.165) is 28.7 Å². The van der Waals surface area contributed by atoms with Crippen LogP contribution in [0, 0.1) is 6.92 Å². The van der Waals surface area contributed by atoms with Crippen molar-refractivity contribution >= 4 is 28.3 Å². The van der Waals surface area contributed by atoms with Crippen LogP contribution in [0.25, 0.3) is 21.6 Å². The minimum absolute atomic E-state index is 0.127. The molecule has 0 saturated carbocycles. The lowest BCUT2D eigenvalue weighted by Gasteiger charge is -2.08. The van der Waals surface area contributed by atoms with Crippen molar-refractivity contribution in [3.63, 3.8) is 0 Å². The van der Waals surface area contributed by atoms with Gasteiger partial charge >= 0.3 is 6.18 Å². The van der Waals surface area contributed by atoms with Crippen molar-refractivity contribution in [1.82, 2.24) is 19.9 Å². The van der Waals surface area contributed by atoms with Gasteiger partial charge in [0, 0.05) is 36.9 Å². The van der Waals surface area contributed by atoms with Crippen LogP contribution in [-0.4, -0.2) is 20.4 Å². The maximum absolute atomic E-state index is 12.7. The van der Waals surface area contributed by atoms with E-state index in [1.807, 2.05) is 29.9 Å². The lowest BCUT2D eigenvalue weighted by atomic mass is 10.1. The number of thiazole rings is 1. The number of benzene rings is 1. The van der Waals surface area contributed by atoms with Gasteiger partial charge in [-0.3, -0.25) is 4.79 Å². The number of carbonyl (C=O) groups is 1. The fourth-order valence-corrected chi connectivity index (χ4v) is 4.19. The molecule has 1 N–H and O–H groups in total. The summed E-state index contributed by atoms with van der Waals surface area (Å²) < 4.78 is 39.9. The minimum atomic E-state index is -4.38. The number of halogens is 3. The number of alkyl halides is 3. The van der Waals surface area contributed by atoms with Gasteiger partial charge in [-0.15, -0.1) is 11.3 Å². The van der Waals surface area contributed by atoms with Crippen LogP contribution in [0.1, 0.15) is 26.5 Å². The van der Waals surface area contributed by atoms with Crippen molar-refractivity contribution in [1.29, 1.82) is 0 Å². The van der Waals surface area contributed by atoms with Gasteiger partial charge in [-0.1, -0.05) is 12.1 Å². The van der Waals surface area contributed by atoms with Gasteiger partial charge in [-0.2, -0.15) is 13.2 Å². The highest BCUT2D eigenvalue weighted by atomic mass is 32.1. The van der Waals surface area contributed by atoms with Crippen molar-refractivity contribution in [2.24, 2.45) is 7.05 Å². The lowest BCUT2D eigenvalue weighted by Crippen LogP contribution is -2.22. The molecular formula is C21H17F3N4OS. The average molecular weight is 430 g/mol. The molecule has 3 aromatic heterocycles. The fraction of sp³-hybridized carbons (Fsp3) is 0.190. The molecule has 154 valence electrons. The Labute approximate surface area is 174 Å². The molecule has 0 aliphatic heterocycles. The van der Waals surface area contributed by atoms with E-state index < -0.39 is 11.7 Å². The molecule has 9 heteroatoms. The Bertz CT molecular complexity index is 1230. The topological polar surface area (TPSA) is 59.8 Å². The van der Waals surface area contributed by atoms with E-state index in [1.165, 1.54) is 23.5 Å². The van der Waals surface area contributed by atoms with Gasteiger partial charge in [-0.05, 0) is 36.8 Å². The molecule has 4 aromatic rings. The van der Waals surface area contributed by atoms with Crippen LogP contribution in [0.4, 0.5) is 13.2 Å². The highest BCUT2D eigenvalue weighted by molar-refractivity contribution is 7.17. The number of nitrogens with zero attached hydrogens (tertiary/aromatic N) is 3. The zero-order chi connectivity index (χ0) is 21.5. The standard InChI is InChI=1S/C21H17F3N4OS/c1-12-17(19(29)26-10-13-5-7-14(8-6-13)21(22,23)24)30-20(27-12)16-11-28(2)18-15(16)4-3-9-25-18/h3-9,11H,10H2,1-2H3,(H,26,29). The molecular weight excluding hydrogens is 413 g/mol. The number of amides is 1. The van der Waals surface area contributed by atoms with Crippen LogP contribution < -0.4 is 5.32 Å². The minimum Gasteiger partial charge on any atom is -0.347 e. The first-order valence-corrected chi connectivity index (χ1v) is 9.88. The Morgan fingerprint density at radius 2 is 1.93 bits per heavy atom. The zero-order valence-corrected chi connectivity index (χ0v) is 16.9. The van der Waals surface area contributed by atoms with Gasteiger partial charge in [0.1, 0.15) is 15.5 Å². The van der Waals surface area contributed by atoms with Crippen molar-refractivity contribution < 1.29 is 18.0 Å². The summed E-state index contributed by atoms with van der Waals surface area (Å²) in [5.41, 5.74) is 2.19. The van der Waals surface area contributed by atoms with E-state index in [4.69, 9.17) is 0 Å². The number of pyridine rings is 1. The Hall–Kier alpha value is -3.20. The largest absolute Gasteiger partial charge is 0.416 e. The van der Waals surface area contributed by atoms with Crippen LogP contribution in [0.5, 0.6) is 0 Å². The summed E-state index contributed by atoms with van der Waals surface area (Å²) in [5.74, 6) is -0.311. The number of aromatic nitrogens is 3. The van der Waals surface area contributed by atoms with E-state index in [1.54, 1.807) is 13.1 Å². The maximum atomic E-state index is 12.7. The monoisotopic (exact) mass is 430 g/mol. The quantitative estimate of drug-likeness (QED) is 0.498. The molecule has 0 aliphatic rings. The second kappa shape index (κ2) is 7.56. The third-order valence-electron chi connectivity index (χ3n) is 4.70. The van der Waals surface area contributed by atoms with Crippen LogP contribution >= 0.6 is 11.3 Å². The Morgan fingerprint density at radius 1 is 1.20 bits per heavy atom. The summed E-state index contributed by atoms with van der Waals surface area (Å²) in [4.78, 5) is 22.0. The van der Waals surface area contributed by atoms with Gasteiger partial charge in [0.15, 0.2) is 0 Å². The number of aryl methyl sites for hydroxylation is 2. The van der Waals surface area contributed by atoms with Gasteiger partial charge < -0.3 is 9.88 Å². The molecule has 1 amide bonds. The summed E-state index contributed by atoms with van der Waals surface area (Å²) in [6.07, 6.45) is -0.728. The molecule has 30 heavy (non-hydrogen) atoms. The molecule has 0 radical (unpaired) electrons. The van der Waals surface area contributed by atoms with Crippen LogP contribution in [-0.2, 0) is 19.8 Å². The SMILES string of the molecule is Cc1nc(-c2cn(C)c3ncccc23)sc1C(=O)NCc1ccc(C(F)(F)F)cc1. The smallest absolute Gasteiger partial charge is 0.347 e. The number of carbonyl (C=O) groups excluding carboxylic acids is 1. The Balaban J connectivity index is 1.52. The van der Waals surface area contributed by atoms with E-state index >= 15 is 0 Å². The van der Waals surface area contributed by atoms with Gasteiger partial charge in [0.2, 0.25) is 0 Å². The van der Waals surface area contributed by atoms with Gasteiger partial charge in [-0.25, -0.2) is 9.97 Å². The molecule has 4 rings (SSSR count). The summed E-state index contributed by atoms with van der Waals surface area (Å²) in [7, 11) is 1.90. The van der Waals surface area contributed by atoms with E-state index in [2.05, 4.69) is 15.3 Å². The molecule has 3 heterocycles. The lowest BCUT2D eigenvalue weighted by molar-refractivity contribution is -0.137. The normalized spacial score (nSPS) is 11.8. The number of hydrogen-bond donors (Lipinski definition) is 1. The van der Waals surface area contributed by atoms with Gasteiger partial charge in [0.05, 0.1) is 11.3 Å². The molecule has 0 bridgehead atoms. The highest BCUT2D eigenvalue weighted by Crippen LogP contribution is 2.34. The van der Waals surface area contributed by atoms with Crippen LogP contribution in [0.3, 0.4) is 0 Å². The van der Waals surface area contributed by atoms with Crippen molar-refractivity contribution in [3.8, 4) is 10.6 Å². The molecule has 0 unspecified atom stereocenters. The molecule has 0 aliphatic carbocycles. The first kappa shape index (κ1) is 20.1. The Kier molecular flexibility index (Phi) is 5.07. The summed E-state index contributed by atoms with van der Waals surface area (Å²) in [5, 5.41) is 4.42. The number of fused-ring (bicyclic) bond motifs is 1. The van der Waals surface area contributed by atoms with E-state index in [9.17, 15) is 18.0 Å². The molecule has 5 nitrogen and oxygen atoms in total. The zero-order valence-electron chi connectivity index (χ0n) is 16.1. The molecule has 0 spiro atoms. The van der Waals surface area contributed by atoms with Gasteiger partial charge in [0.25, 0.3) is 5.91 Å². The Morgan fingerprint density at radius 3 is 2.63 bits per heavy atom.